The number of tetrazole rings is 1. The van der Waals surface area contributed by atoms with Gasteiger partial charge < -0.3 is 9.84 Å². The Balaban J connectivity index is 1.25. The first-order valence-corrected chi connectivity index (χ1v) is 15.9. The van der Waals surface area contributed by atoms with E-state index in [2.05, 4.69) is 76.8 Å². The molecule has 2 aromatic heterocycles. The molecule has 5 aromatic carbocycles. The van der Waals surface area contributed by atoms with Crippen LogP contribution < -0.4 is 4.74 Å². The third-order valence-corrected chi connectivity index (χ3v) is 8.69. The minimum absolute atomic E-state index is 0.119. The maximum Gasteiger partial charge on any atom is 0.205 e. The van der Waals surface area contributed by atoms with E-state index in [9.17, 15) is 5.11 Å². The Morgan fingerprint density at radius 2 is 1.21 bits per heavy atom. The summed E-state index contributed by atoms with van der Waals surface area (Å²) in [4.78, 5) is 6.20. The molecule has 7 rings (SSSR count). The molecule has 2 heterocycles. The lowest BCUT2D eigenvalue weighted by molar-refractivity contribution is 0.257. The highest BCUT2D eigenvalue weighted by Gasteiger charge is 2.41. The van der Waals surface area contributed by atoms with Crippen LogP contribution in [0.5, 0.6) is 5.75 Å². The quantitative estimate of drug-likeness (QED) is 0.155. The van der Waals surface area contributed by atoms with Gasteiger partial charge in [-0.05, 0) is 52.4 Å². The minimum atomic E-state index is -0.854. The Morgan fingerprint density at radius 1 is 0.667 bits per heavy atom. The van der Waals surface area contributed by atoms with Crippen LogP contribution in [-0.4, -0.2) is 30.3 Å². The third kappa shape index (κ3) is 5.76. The molecule has 48 heavy (non-hydrogen) atoms. The molecule has 7 nitrogen and oxygen atoms in total. The van der Waals surface area contributed by atoms with Crippen molar-refractivity contribution in [3.63, 3.8) is 0 Å². The molecule has 7 aromatic rings. The van der Waals surface area contributed by atoms with Gasteiger partial charge in [-0.3, -0.25) is 4.98 Å². The highest BCUT2D eigenvalue weighted by Crippen LogP contribution is 2.40. The molecule has 0 aliphatic rings. The molecule has 0 bridgehead atoms. The summed E-state index contributed by atoms with van der Waals surface area (Å²) in [5.74, 6) is 1.19. The second-order valence-electron chi connectivity index (χ2n) is 11.7. The number of hydrogen-bond donors (Lipinski definition) is 1. The number of benzene rings is 5. The number of pyridine rings is 1. The third-order valence-electron chi connectivity index (χ3n) is 8.69. The molecular weight excluding hydrogens is 594 g/mol. The van der Waals surface area contributed by atoms with Crippen molar-refractivity contribution in [3.8, 4) is 28.3 Å². The Kier molecular flexibility index (Phi) is 8.60. The molecule has 7 heteroatoms. The van der Waals surface area contributed by atoms with Crippen LogP contribution in [0.4, 0.5) is 0 Å². The van der Waals surface area contributed by atoms with Gasteiger partial charge in [0, 0.05) is 28.6 Å². The van der Waals surface area contributed by atoms with Crippen LogP contribution in [-0.2, 0) is 18.8 Å². The van der Waals surface area contributed by atoms with E-state index in [-0.39, 0.29) is 6.61 Å². The lowest BCUT2D eigenvalue weighted by Gasteiger charge is -2.34. The fourth-order valence-electron chi connectivity index (χ4n) is 6.36. The van der Waals surface area contributed by atoms with E-state index in [1.807, 2.05) is 92.7 Å². The van der Waals surface area contributed by atoms with Gasteiger partial charge in [0.2, 0.25) is 5.82 Å². The predicted molar refractivity (Wildman–Crippen MR) is 187 cm³/mol. The maximum absolute atomic E-state index is 9.85. The summed E-state index contributed by atoms with van der Waals surface area (Å²) in [5.41, 5.74) is 8.48. The van der Waals surface area contributed by atoms with Gasteiger partial charge in [0.05, 0.1) is 6.61 Å². The average molecular weight is 630 g/mol. The van der Waals surface area contributed by atoms with E-state index in [4.69, 9.17) is 15.0 Å². The Hall–Kier alpha value is -5.92. The molecule has 0 saturated heterocycles. The molecule has 0 fully saturated rings. The number of hydrogen-bond acceptors (Lipinski definition) is 6. The summed E-state index contributed by atoms with van der Waals surface area (Å²) in [6.45, 7) is 4.06. The van der Waals surface area contributed by atoms with E-state index in [0.29, 0.717) is 23.7 Å². The number of aryl methyl sites for hydroxylation is 2. The SMILES string of the molecule is Cc1cc(OCc2ccc(-c3ccccc3-c3nnn(C(c4ccccc4)(c4ccccc4)c4ccccc4)n3)cc2)c(CO)c(C)n1. The van der Waals surface area contributed by atoms with Crippen molar-refractivity contribution in [2.24, 2.45) is 0 Å². The van der Waals surface area contributed by atoms with Gasteiger partial charge in [0.15, 0.2) is 5.54 Å². The second kappa shape index (κ2) is 13.4. The van der Waals surface area contributed by atoms with Crippen molar-refractivity contribution in [2.45, 2.75) is 32.6 Å². The lowest BCUT2D eigenvalue weighted by Crippen LogP contribution is -2.39. The predicted octanol–water partition coefficient (Wildman–Crippen LogP) is 7.93. The monoisotopic (exact) mass is 629 g/mol. The normalized spacial score (nSPS) is 11.4. The maximum atomic E-state index is 9.85. The number of nitrogens with zero attached hydrogens (tertiary/aromatic N) is 5. The lowest BCUT2D eigenvalue weighted by atomic mass is 9.77. The fourth-order valence-corrected chi connectivity index (χ4v) is 6.36. The van der Waals surface area contributed by atoms with Crippen molar-refractivity contribution in [3.05, 3.63) is 185 Å². The summed E-state index contributed by atoms with van der Waals surface area (Å²) in [6, 6.07) is 49.3. The van der Waals surface area contributed by atoms with E-state index in [1.165, 1.54) is 0 Å². The molecule has 1 N–H and O–H groups in total. The molecule has 0 spiro atoms. The van der Waals surface area contributed by atoms with Crippen LogP contribution >= 0.6 is 0 Å². The van der Waals surface area contributed by atoms with Crippen LogP contribution in [0.1, 0.15) is 39.2 Å². The highest BCUT2D eigenvalue weighted by atomic mass is 16.5. The summed E-state index contributed by atoms with van der Waals surface area (Å²) in [5, 5.41) is 24.4. The van der Waals surface area contributed by atoms with E-state index in [1.54, 1.807) is 4.80 Å². The minimum Gasteiger partial charge on any atom is -0.488 e. The molecular formula is C41H35N5O2. The average Bonchev–Trinajstić information content (AvgIpc) is 3.63. The van der Waals surface area contributed by atoms with Crippen molar-refractivity contribution in [1.29, 1.82) is 0 Å². The van der Waals surface area contributed by atoms with Crippen LogP contribution in [0.15, 0.2) is 146 Å². The van der Waals surface area contributed by atoms with Gasteiger partial charge in [-0.1, -0.05) is 140 Å². The Morgan fingerprint density at radius 3 is 1.77 bits per heavy atom. The van der Waals surface area contributed by atoms with Gasteiger partial charge in [-0.15, -0.1) is 15.0 Å². The van der Waals surface area contributed by atoms with Crippen molar-refractivity contribution in [1.82, 2.24) is 25.2 Å². The summed E-state index contributed by atoms with van der Waals surface area (Å²) in [7, 11) is 0. The molecule has 0 aliphatic heterocycles. The van der Waals surface area contributed by atoms with Crippen molar-refractivity contribution < 1.29 is 9.84 Å². The van der Waals surface area contributed by atoms with Crippen LogP contribution in [0.2, 0.25) is 0 Å². The molecule has 0 saturated carbocycles. The van der Waals surface area contributed by atoms with E-state index >= 15 is 0 Å². The van der Waals surface area contributed by atoms with E-state index in [0.717, 1.165) is 50.3 Å². The molecule has 236 valence electrons. The van der Waals surface area contributed by atoms with Gasteiger partial charge in [-0.25, -0.2) is 0 Å². The van der Waals surface area contributed by atoms with Crippen LogP contribution in [0.3, 0.4) is 0 Å². The Labute approximate surface area is 280 Å². The number of aromatic nitrogens is 5. The topological polar surface area (TPSA) is 86.0 Å². The molecule has 0 unspecified atom stereocenters. The first-order chi connectivity index (χ1) is 23.6. The number of rotatable bonds is 10. The van der Waals surface area contributed by atoms with Crippen molar-refractivity contribution in [2.75, 3.05) is 0 Å². The summed E-state index contributed by atoms with van der Waals surface area (Å²) >= 11 is 0. The zero-order valence-corrected chi connectivity index (χ0v) is 26.9. The van der Waals surface area contributed by atoms with Crippen molar-refractivity contribution >= 4 is 0 Å². The Bertz CT molecular complexity index is 2030. The molecule has 0 aliphatic carbocycles. The largest absolute Gasteiger partial charge is 0.488 e. The fraction of sp³-hybridized carbons (Fsp3) is 0.122. The molecule has 0 amide bonds. The number of ether oxygens (including phenoxy) is 1. The van der Waals surface area contributed by atoms with Gasteiger partial charge in [0.25, 0.3) is 0 Å². The number of aliphatic hydroxyl groups is 1. The molecule has 0 radical (unpaired) electrons. The summed E-state index contributed by atoms with van der Waals surface area (Å²) in [6.07, 6.45) is 0. The second-order valence-corrected chi connectivity index (χ2v) is 11.7. The van der Waals surface area contributed by atoms with Gasteiger partial charge in [-0.2, -0.15) is 0 Å². The first kappa shape index (κ1) is 30.7. The first-order valence-electron chi connectivity index (χ1n) is 15.9. The zero-order chi connectivity index (χ0) is 32.9. The standard InChI is InChI=1S/C41H35N5O2/c1-29-26-39(38(27-47)30(2)42-29)48-28-31-22-24-32(25-23-31)36-20-12-13-21-37(36)40-43-45-46(44-40)41(33-14-6-3-7-15-33,34-16-8-4-9-17-34)35-18-10-5-11-19-35/h3-26,47H,27-28H2,1-2H3. The summed E-state index contributed by atoms with van der Waals surface area (Å²) < 4.78 is 6.13. The van der Waals surface area contributed by atoms with Gasteiger partial charge in [0.1, 0.15) is 12.4 Å². The molecule has 0 atom stereocenters. The number of aliphatic hydroxyl groups excluding tert-OH is 1. The smallest absolute Gasteiger partial charge is 0.205 e. The van der Waals surface area contributed by atoms with E-state index < -0.39 is 5.54 Å². The van der Waals surface area contributed by atoms with Gasteiger partial charge >= 0.3 is 0 Å². The van der Waals surface area contributed by atoms with Crippen LogP contribution in [0.25, 0.3) is 22.5 Å². The highest BCUT2D eigenvalue weighted by molar-refractivity contribution is 5.80. The zero-order valence-electron chi connectivity index (χ0n) is 26.9. The van der Waals surface area contributed by atoms with Crippen LogP contribution in [0, 0.1) is 13.8 Å².